The highest BCUT2D eigenvalue weighted by molar-refractivity contribution is 5.91. The molecule has 0 saturated carbocycles. The summed E-state index contributed by atoms with van der Waals surface area (Å²) in [6.45, 7) is 4.62. The third-order valence-electron chi connectivity index (χ3n) is 10.8. The number of benzene rings is 3. The van der Waals surface area contributed by atoms with Crippen molar-refractivity contribution in [3.8, 4) is 17.2 Å². The van der Waals surface area contributed by atoms with Gasteiger partial charge in [0.25, 0.3) is 0 Å². The molecule has 0 heterocycles. The Hall–Kier alpha value is -6.50. The molecular formula is C52H70N4O14. The number of aromatic hydroxyl groups is 3. The van der Waals surface area contributed by atoms with Gasteiger partial charge < -0.3 is 50.8 Å². The number of anilines is 1. The van der Waals surface area contributed by atoms with E-state index in [0.29, 0.717) is 12.1 Å². The molecule has 0 aliphatic rings. The fraction of sp³-hybridized carbons (Fsp3) is 0.500. The highest BCUT2D eigenvalue weighted by Crippen LogP contribution is 2.20. The Labute approximate surface area is 409 Å². The third kappa shape index (κ3) is 25.2. The minimum Gasteiger partial charge on any atom is -0.508 e. The molecule has 382 valence electrons. The van der Waals surface area contributed by atoms with Crippen LogP contribution in [0.2, 0.25) is 0 Å². The molecule has 3 rings (SSSR count). The van der Waals surface area contributed by atoms with E-state index >= 15 is 0 Å². The lowest BCUT2D eigenvalue weighted by molar-refractivity contribution is -0.131. The van der Waals surface area contributed by atoms with Crippen molar-refractivity contribution in [2.45, 2.75) is 110 Å². The van der Waals surface area contributed by atoms with Crippen LogP contribution < -0.4 is 21.3 Å². The molecular weight excluding hydrogens is 905 g/mol. The first-order valence-electron chi connectivity index (χ1n) is 23.6. The van der Waals surface area contributed by atoms with E-state index in [0.717, 1.165) is 11.1 Å². The van der Waals surface area contributed by atoms with Gasteiger partial charge in [-0.2, -0.15) is 0 Å². The number of ketones is 4. The Balaban J connectivity index is 1.60. The standard InChI is InChI=1S/C52H70N4O14/c1-51(2,3)46(63)8-5-9-50(67)56-52(34-68-29-24-40(57)6-4-7-44(61)32-37-10-16-41(58)17-11-37,35-69-30-25-47(64)53-27-22-45(62)33-38-12-18-42(59)19-13-38)36-70-31-26-48(65)54-28-23-49(66)55-39-14-20-43(60)21-15-39/h10-21,58-60H,4-9,22-36H2,1-3H3,(H,53,64)(H,54,65)(H,55,66)(H,56,67). The fourth-order valence-electron chi connectivity index (χ4n) is 6.76. The van der Waals surface area contributed by atoms with Gasteiger partial charge in [-0.15, -0.1) is 0 Å². The summed E-state index contributed by atoms with van der Waals surface area (Å²) < 4.78 is 17.9. The van der Waals surface area contributed by atoms with Gasteiger partial charge in [-0.3, -0.25) is 38.4 Å². The molecule has 4 amide bonds. The number of hydrogen-bond donors (Lipinski definition) is 7. The van der Waals surface area contributed by atoms with Crippen LogP contribution in [0.5, 0.6) is 17.2 Å². The molecule has 0 radical (unpaired) electrons. The summed E-state index contributed by atoms with van der Waals surface area (Å²) in [5, 5.41) is 39.4. The van der Waals surface area contributed by atoms with Crippen molar-refractivity contribution in [3.63, 3.8) is 0 Å². The number of hydrogen-bond acceptors (Lipinski definition) is 14. The Kier molecular flexibility index (Phi) is 25.5. The first-order valence-corrected chi connectivity index (χ1v) is 23.6. The second-order valence-corrected chi connectivity index (χ2v) is 18.2. The van der Waals surface area contributed by atoms with E-state index in [1.807, 2.05) is 0 Å². The van der Waals surface area contributed by atoms with Gasteiger partial charge in [-0.1, -0.05) is 45.0 Å². The van der Waals surface area contributed by atoms with Crippen LogP contribution in [0.3, 0.4) is 0 Å². The average Bonchev–Trinajstić information content (AvgIpc) is 3.30. The number of ether oxygens (including phenoxy) is 3. The van der Waals surface area contributed by atoms with Crippen LogP contribution in [0, 0.1) is 5.41 Å². The van der Waals surface area contributed by atoms with Crippen LogP contribution in [-0.4, -0.2) is 120 Å². The van der Waals surface area contributed by atoms with Crippen molar-refractivity contribution < 1.29 is 67.9 Å². The van der Waals surface area contributed by atoms with E-state index in [-0.39, 0.29) is 182 Å². The summed E-state index contributed by atoms with van der Waals surface area (Å²) in [4.78, 5) is 102. The Morgan fingerprint density at radius 1 is 0.457 bits per heavy atom. The molecule has 7 N–H and O–H groups in total. The van der Waals surface area contributed by atoms with Crippen molar-refractivity contribution in [2.75, 3.05) is 58.0 Å². The number of rotatable bonds is 35. The molecule has 0 spiro atoms. The van der Waals surface area contributed by atoms with Crippen LogP contribution in [0.1, 0.15) is 103 Å². The minimum absolute atomic E-state index is 0.0100. The average molecular weight is 975 g/mol. The second-order valence-electron chi connectivity index (χ2n) is 18.2. The monoisotopic (exact) mass is 974 g/mol. The zero-order valence-corrected chi connectivity index (χ0v) is 40.6. The summed E-state index contributed by atoms with van der Waals surface area (Å²) >= 11 is 0. The van der Waals surface area contributed by atoms with E-state index in [9.17, 15) is 53.7 Å². The Bertz CT molecular complexity index is 1950. The second kappa shape index (κ2) is 30.9. The fourth-order valence-corrected chi connectivity index (χ4v) is 6.76. The number of nitrogens with one attached hydrogen (secondary N) is 4. The van der Waals surface area contributed by atoms with E-state index in [4.69, 9.17) is 14.2 Å². The summed E-state index contributed by atoms with van der Waals surface area (Å²) in [7, 11) is 0. The lowest BCUT2D eigenvalue weighted by Crippen LogP contribution is -2.58. The van der Waals surface area contributed by atoms with Crippen molar-refractivity contribution in [3.05, 3.63) is 83.9 Å². The molecule has 3 aromatic carbocycles. The highest BCUT2D eigenvalue weighted by Gasteiger charge is 2.34. The molecule has 0 fully saturated rings. The van der Waals surface area contributed by atoms with Crippen molar-refractivity contribution in [1.29, 1.82) is 0 Å². The largest absolute Gasteiger partial charge is 0.508 e. The van der Waals surface area contributed by atoms with Gasteiger partial charge in [0.1, 0.15) is 45.9 Å². The van der Waals surface area contributed by atoms with Gasteiger partial charge in [0.15, 0.2) is 0 Å². The molecule has 0 saturated heterocycles. The van der Waals surface area contributed by atoms with Crippen LogP contribution >= 0.6 is 0 Å². The molecule has 70 heavy (non-hydrogen) atoms. The summed E-state index contributed by atoms with van der Waals surface area (Å²) in [6.07, 6.45) is 1.32. The Morgan fingerprint density at radius 3 is 1.39 bits per heavy atom. The topological polar surface area (TPSA) is 273 Å². The van der Waals surface area contributed by atoms with Crippen LogP contribution in [0.4, 0.5) is 5.69 Å². The predicted octanol–water partition coefficient (Wildman–Crippen LogP) is 4.98. The van der Waals surface area contributed by atoms with Crippen molar-refractivity contribution in [1.82, 2.24) is 16.0 Å². The highest BCUT2D eigenvalue weighted by atomic mass is 16.5. The molecule has 0 aliphatic heterocycles. The van der Waals surface area contributed by atoms with Gasteiger partial charge in [0, 0.05) is 94.8 Å². The summed E-state index contributed by atoms with van der Waals surface area (Å²) in [6, 6.07) is 18.6. The van der Waals surface area contributed by atoms with Gasteiger partial charge in [0.05, 0.1) is 39.6 Å². The molecule has 18 nitrogen and oxygen atoms in total. The first-order chi connectivity index (χ1) is 33.3. The van der Waals surface area contributed by atoms with Crippen molar-refractivity contribution in [2.24, 2.45) is 5.41 Å². The van der Waals surface area contributed by atoms with Gasteiger partial charge >= 0.3 is 0 Å². The first kappa shape index (κ1) is 57.8. The van der Waals surface area contributed by atoms with Crippen LogP contribution in [0.15, 0.2) is 72.8 Å². The van der Waals surface area contributed by atoms with E-state index in [2.05, 4.69) is 21.3 Å². The zero-order chi connectivity index (χ0) is 51.4. The maximum atomic E-state index is 13.5. The molecule has 3 aromatic rings. The lowest BCUT2D eigenvalue weighted by atomic mass is 9.88. The quantitative estimate of drug-likeness (QED) is 0.0303. The van der Waals surface area contributed by atoms with Gasteiger partial charge in [-0.25, -0.2) is 0 Å². The normalized spacial score (nSPS) is 12.0. The zero-order valence-electron chi connectivity index (χ0n) is 40.6. The van der Waals surface area contributed by atoms with Crippen LogP contribution in [0.25, 0.3) is 0 Å². The summed E-state index contributed by atoms with van der Waals surface area (Å²) in [5.41, 5.74) is -0.00477. The lowest BCUT2D eigenvalue weighted by Gasteiger charge is -2.34. The maximum Gasteiger partial charge on any atom is 0.226 e. The van der Waals surface area contributed by atoms with Gasteiger partial charge in [-0.05, 0) is 72.5 Å². The molecule has 1 unspecified atom stereocenters. The van der Waals surface area contributed by atoms with E-state index in [1.165, 1.54) is 48.5 Å². The number of Topliss-reactive ketones (excluding diaryl/α,β-unsaturated/α-hetero) is 4. The summed E-state index contributed by atoms with van der Waals surface area (Å²) in [5.74, 6) is -1.62. The SMILES string of the molecule is CC(C)(C)C(=O)CCCC(=O)NC(COCCC(=O)CCCC(=O)Cc1ccc(O)cc1)(COCCC(=O)NCCC(=O)Cc1ccc(O)cc1)COCCC(=O)NCCC(=O)Nc1ccc(O)cc1. The van der Waals surface area contributed by atoms with Crippen molar-refractivity contribution >= 4 is 52.4 Å². The molecule has 18 heteroatoms. The third-order valence-corrected chi connectivity index (χ3v) is 10.8. The number of phenols is 3. The Morgan fingerprint density at radius 2 is 0.886 bits per heavy atom. The van der Waals surface area contributed by atoms with E-state index < -0.39 is 22.8 Å². The predicted molar refractivity (Wildman–Crippen MR) is 260 cm³/mol. The molecule has 0 bridgehead atoms. The smallest absolute Gasteiger partial charge is 0.226 e. The number of carbonyl (C=O) groups excluding carboxylic acids is 8. The van der Waals surface area contributed by atoms with Crippen LogP contribution in [-0.2, 0) is 65.4 Å². The number of carbonyl (C=O) groups is 8. The van der Waals surface area contributed by atoms with E-state index in [1.54, 1.807) is 45.0 Å². The van der Waals surface area contributed by atoms with Gasteiger partial charge in [0.2, 0.25) is 23.6 Å². The molecule has 1 atom stereocenters. The number of amides is 4. The number of phenolic OH excluding ortho intramolecular Hbond substituents is 3. The minimum atomic E-state index is -1.39. The maximum absolute atomic E-state index is 13.5. The molecule has 0 aliphatic carbocycles. The molecule has 0 aromatic heterocycles.